The second-order valence-electron chi connectivity index (χ2n) is 12.2. The standard InChI is InChI=1S/C36H55F5N4O7/c1-3-4-14-26(2)43-19-9-7-15-27(45-28(47)16-13-18-42-25-46)36(49)44-20-8-5-10-21-50-22-11-6-12-23-51-24-17-29(48)52-35-33(40)31(38)30(37)32(39)34(35)41/h25,27,43H,2-24H2,1H3,(H,42,46)(H,44,49)(H,45,47). The highest BCUT2D eigenvalue weighted by Crippen LogP contribution is 2.29. The zero-order chi connectivity index (χ0) is 38.6. The predicted molar refractivity (Wildman–Crippen MR) is 185 cm³/mol. The van der Waals surface area contributed by atoms with Gasteiger partial charge in [-0.1, -0.05) is 19.9 Å². The van der Waals surface area contributed by atoms with Crippen LogP contribution in [0.1, 0.15) is 103 Å². The molecule has 0 saturated carbocycles. The molecule has 1 atom stereocenters. The minimum Gasteiger partial charge on any atom is -0.420 e. The first-order valence-corrected chi connectivity index (χ1v) is 18.1. The highest BCUT2D eigenvalue weighted by molar-refractivity contribution is 5.87. The molecule has 0 bridgehead atoms. The van der Waals surface area contributed by atoms with Gasteiger partial charge >= 0.3 is 5.97 Å². The van der Waals surface area contributed by atoms with Crippen LogP contribution in [0.5, 0.6) is 5.75 Å². The number of benzene rings is 1. The van der Waals surface area contributed by atoms with Gasteiger partial charge in [0.25, 0.3) is 0 Å². The SMILES string of the molecule is C=C(CCCC)NCCCCC(NC(=O)CCCNC=O)C(=O)NCCCCCOCCCCCOCCC(=O)Oc1c(F)c(F)c(F)c(F)c1F. The lowest BCUT2D eigenvalue weighted by Gasteiger charge is -2.19. The van der Waals surface area contributed by atoms with Crippen molar-refractivity contribution >= 4 is 24.2 Å². The lowest BCUT2D eigenvalue weighted by atomic mass is 10.1. The van der Waals surface area contributed by atoms with Gasteiger partial charge in [0.15, 0.2) is 0 Å². The third kappa shape index (κ3) is 20.3. The zero-order valence-electron chi connectivity index (χ0n) is 30.2. The molecular weight excluding hydrogens is 695 g/mol. The number of nitrogens with one attached hydrogen (secondary N) is 4. The van der Waals surface area contributed by atoms with Gasteiger partial charge in [-0.05, 0) is 77.0 Å². The smallest absolute Gasteiger partial charge is 0.313 e. The molecule has 0 fully saturated rings. The average molecular weight is 751 g/mol. The number of amides is 3. The van der Waals surface area contributed by atoms with E-state index in [0.29, 0.717) is 52.0 Å². The minimum absolute atomic E-state index is 0.157. The van der Waals surface area contributed by atoms with Crippen LogP contribution in [0.3, 0.4) is 0 Å². The molecule has 1 unspecified atom stereocenters. The third-order valence-corrected chi connectivity index (χ3v) is 7.76. The van der Waals surface area contributed by atoms with E-state index < -0.39 is 53.3 Å². The number of carbonyl (C=O) groups is 4. The molecule has 1 aromatic rings. The van der Waals surface area contributed by atoms with Gasteiger partial charge in [0, 0.05) is 51.6 Å². The minimum atomic E-state index is -2.34. The number of hydrogen-bond donors (Lipinski definition) is 4. The summed E-state index contributed by atoms with van der Waals surface area (Å²) in [5, 5.41) is 11.6. The molecule has 1 rings (SSSR count). The lowest BCUT2D eigenvalue weighted by Crippen LogP contribution is -2.47. The maximum absolute atomic E-state index is 13.6. The highest BCUT2D eigenvalue weighted by Gasteiger charge is 2.28. The van der Waals surface area contributed by atoms with Crippen LogP contribution in [0, 0.1) is 29.1 Å². The Morgan fingerprint density at radius 2 is 1.25 bits per heavy atom. The van der Waals surface area contributed by atoms with Gasteiger partial charge < -0.3 is 35.5 Å². The van der Waals surface area contributed by atoms with Crippen molar-refractivity contribution in [1.29, 1.82) is 0 Å². The number of rotatable bonds is 32. The van der Waals surface area contributed by atoms with Crippen molar-refractivity contribution in [2.24, 2.45) is 0 Å². The topological polar surface area (TPSA) is 144 Å². The van der Waals surface area contributed by atoms with E-state index in [1.807, 2.05) is 0 Å². The van der Waals surface area contributed by atoms with E-state index in [1.54, 1.807) is 0 Å². The first kappa shape index (κ1) is 46.2. The van der Waals surface area contributed by atoms with Crippen LogP contribution in [0.4, 0.5) is 22.0 Å². The van der Waals surface area contributed by atoms with Crippen LogP contribution in [-0.4, -0.2) is 76.3 Å². The first-order chi connectivity index (χ1) is 25.0. The molecule has 0 saturated heterocycles. The molecule has 0 aliphatic heterocycles. The van der Waals surface area contributed by atoms with E-state index in [2.05, 4.69) is 39.5 Å². The number of carbonyl (C=O) groups excluding carboxylic acids is 4. The van der Waals surface area contributed by atoms with Crippen LogP contribution in [0.2, 0.25) is 0 Å². The molecule has 4 N–H and O–H groups in total. The van der Waals surface area contributed by atoms with Gasteiger partial charge in [-0.2, -0.15) is 8.78 Å². The Hall–Kier alpha value is -3.79. The Balaban J connectivity index is 2.15. The Morgan fingerprint density at radius 1 is 0.673 bits per heavy atom. The van der Waals surface area contributed by atoms with E-state index >= 15 is 0 Å². The monoisotopic (exact) mass is 750 g/mol. The van der Waals surface area contributed by atoms with Gasteiger partial charge in [0.1, 0.15) is 6.04 Å². The summed E-state index contributed by atoms with van der Waals surface area (Å²) in [6.45, 7) is 9.01. The third-order valence-electron chi connectivity index (χ3n) is 7.76. The van der Waals surface area contributed by atoms with E-state index in [1.165, 1.54) is 0 Å². The molecule has 0 aromatic heterocycles. The van der Waals surface area contributed by atoms with Crippen molar-refractivity contribution in [3.05, 3.63) is 41.4 Å². The molecule has 0 spiro atoms. The number of esters is 1. The Bertz CT molecular complexity index is 1210. The Labute approximate surface area is 303 Å². The first-order valence-electron chi connectivity index (χ1n) is 18.1. The summed E-state index contributed by atoms with van der Waals surface area (Å²) < 4.78 is 81.9. The molecule has 3 amide bonds. The number of allylic oxidation sites excluding steroid dienone is 1. The number of halogens is 5. The molecule has 16 heteroatoms. The summed E-state index contributed by atoms with van der Waals surface area (Å²) in [6, 6.07) is -0.635. The Kier molecular flexibility index (Phi) is 25.6. The quantitative estimate of drug-likeness (QED) is 0.0141. The van der Waals surface area contributed by atoms with Crippen molar-refractivity contribution in [2.45, 2.75) is 109 Å². The second-order valence-corrected chi connectivity index (χ2v) is 12.2. The van der Waals surface area contributed by atoms with E-state index in [9.17, 15) is 41.1 Å². The summed E-state index contributed by atoms with van der Waals surface area (Å²) in [5.41, 5.74) is 1.01. The maximum Gasteiger partial charge on any atom is 0.313 e. The number of ether oxygens (including phenoxy) is 3. The average Bonchev–Trinajstić information content (AvgIpc) is 3.13. The molecule has 11 nitrogen and oxygen atoms in total. The zero-order valence-corrected chi connectivity index (χ0v) is 30.2. The van der Waals surface area contributed by atoms with Crippen LogP contribution >= 0.6 is 0 Å². The van der Waals surface area contributed by atoms with E-state index in [0.717, 1.165) is 76.5 Å². The van der Waals surface area contributed by atoms with Crippen LogP contribution in [0.25, 0.3) is 0 Å². The molecule has 0 heterocycles. The van der Waals surface area contributed by atoms with Gasteiger partial charge in [-0.3, -0.25) is 19.2 Å². The molecule has 296 valence electrons. The fourth-order valence-electron chi connectivity index (χ4n) is 4.79. The second kappa shape index (κ2) is 28.8. The van der Waals surface area contributed by atoms with E-state index in [-0.39, 0.29) is 31.4 Å². The largest absolute Gasteiger partial charge is 0.420 e. The van der Waals surface area contributed by atoms with Gasteiger partial charge in [-0.25, -0.2) is 13.2 Å². The van der Waals surface area contributed by atoms with Crippen molar-refractivity contribution in [1.82, 2.24) is 21.3 Å². The summed E-state index contributed by atoms with van der Waals surface area (Å²) in [7, 11) is 0. The van der Waals surface area contributed by atoms with Crippen molar-refractivity contribution in [3.63, 3.8) is 0 Å². The van der Waals surface area contributed by atoms with Crippen LogP contribution in [0.15, 0.2) is 12.3 Å². The fourth-order valence-corrected chi connectivity index (χ4v) is 4.79. The Morgan fingerprint density at radius 3 is 1.88 bits per heavy atom. The molecular formula is C36H55F5N4O7. The van der Waals surface area contributed by atoms with Crippen molar-refractivity contribution < 1.29 is 55.3 Å². The maximum atomic E-state index is 13.6. The summed E-state index contributed by atoms with van der Waals surface area (Å²) >= 11 is 0. The van der Waals surface area contributed by atoms with E-state index in [4.69, 9.17) is 9.47 Å². The normalized spacial score (nSPS) is 11.5. The van der Waals surface area contributed by atoms with Crippen molar-refractivity contribution in [3.8, 4) is 5.75 Å². The van der Waals surface area contributed by atoms with Gasteiger partial charge in [-0.15, -0.1) is 0 Å². The summed E-state index contributed by atoms with van der Waals surface area (Å²) in [6.07, 6.45) is 10.7. The lowest BCUT2D eigenvalue weighted by molar-refractivity contribution is -0.136. The van der Waals surface area contributed by atoms with Crippen LogP contribution < -0.4 is 26.0 Å². The molecule has 0 aliphatic rings. The molecule has 0 radical (unpaired) electrons. The summed E-state index contributed by atoms with van der Waals surface area (Å²) in [4.78, 5) is 47.4. The fraction of sp³-hybridized carbons (Fsp3) is 0.667. The predicted octanol–water partition coefficient (Wildman–Crippen LogP) is 5.64. The highest BCUT2D eigenvalue weighted by atomic mass is 19.2. The van der Waals surface area contributed by atoms with Crippen molar-refractivity contribution in [2.75, 3.05) is 46.1 Å². The molecule has 0 aliphatic carbocycles. The summed E-state index contributed by atoms with van der Waals surface area (Å²) in [5.74, 6) is -14.5. The van der Waals surface area contributed by atoms with Gasteiger partial charge in [0.05, 0.1) is 13.0 Å². The molecule has 1 aromatic carbocycles. The van der Waals surface area contributed by atoms with Gasteiger partial charge in [0.2, 0.25) is 53.1 Å². The number of unbranched alkanes of at least 4 members (excludes halogenated alkanes) is 6. The number of hydrogen-bond acceptors (Lipinski definition) is 8. The molecule has 52 heavy (non-hydrogen) atoms. The van der Waals surface area contributed by atoms with Crippen LogP contribution in [-0.2, 0) is 28.7 Å².